The van der Waals surface area contributed by atoms with Crippen LogP contribution in [0.25, 0.3) is 0 Å². The molecule has 0 aromatic heterocycles. The summed E-state index contributed by atoms with van der Waals surface area (Å²) >= 11 is 0. The third-order valence-electron chi connectivity index (χ3n) is 4.17. The second-order valence-electron chi connectivity index (χ2n) is 5.43. The number of rotatable bonds is 3. The molecule has 3 atom stereocenters. The third-order valence-corrected chi connectivity index (χ3v) is 4.17. The lowest BCUT2D eigenvalue weighted by molar-refractivity contribution is -0.123. The second kappa shape index (κ2) is 4.73. The quantitative estimate of drug-likeness (QED) is 0.848. The molecule has 1 amide bonds. The van der Waals surface area contributed by atoms with E-state index in [-0.39, 0.29) is 11.9 Å². The Kier molecular flexibility index (Phi) is 3.08. The van der Waals surface area contributed by atoms with E-state index in [1.165, 1.54) is 17.5 Å². The summed E-state index contributed by atoms with van der Waals surface area (Å²) in [5.74, 6) is 0.885. The van der Waals surface area contributed by atoms with Crippen LogP contribution >= 0.6 is 0 Å². The summed E-state index contributed by atoms with van der Waals surface area (Å²) in [5.41, 5.74) is 2.62. The summed E-state index contributed by atoms with van der Waals surface area (Å²) in [6.45, 7) is 2.99. The molecule has 0 radical (unpaired) electrons. The van der Waals surface area contributed by atoms with Gasteiger partial charge in [-0.1, -0.05) is 37.6 Å². The number of hydrogen-bond acceptors (Lipinski definition) is 2. The van der Waals surface area contributed by atoms with Gasteiger partial charge >= 0.3 is 0 Å². The Morgan fingerprint density at radius 3 is 2.89 bits per heavy atom. The Morgan fingerprint density at radius 2 is 2.17 bits per heavy atom. The van der Waals surface area contributed by atoms with Crippen molar-refractivity contribution in [2.75, 3.05) is 0 Å². The molecule has 3 nitrogen and oxygen atoms in total. The number of carbonyl (C=O) groups is 1. The lowest BCUT2D eigenvalue weighted by atomic mass is 9.95. The van der Waals surface area contributed by atoms with Crippen LogP contribution in [0.1, 0.15) is 30.9 Å². The molecular weight excluding hydrogens is 224 g/mol. The van der Waals surface area contributed by atoms with Crippen LogP contribution in [-0.2, 0) is 17.8 Å². The Morgan fingerprint density at radius 1 is 1.39 bits per heavy atom. The fourth-order valence-electron chi connectivity index (χ4n) is 2.80. The molecule has 1 aromatic rings. The van der Waals surface area contributed by atoms with Crippen LogP contribution in [-0.4, -0.2) is 18.0 Å². The number of hydrogen-bond donors (Lipinski definition) is 2. The van der Waals surface area contributed by atoms with Gasteiger partial charge in [0, 0.05) is 12.6 Å². The minimum atomic E-state index is -0.0574. The van der Waals surface area contributed by atoms with Crippen LogP contribution < -0.4 is 10.6 Å². The highest BCUT2D eigenvalue weighted by Gasteiger charge is 2.38. The fraction of sp³-hybridized carbons (Fsp3) is 0.533. The van der Waals surface area contributed by atoms with E-state index in [1.54, 1.807) is 0 Å². The van der Waals surface area contributed by atoms with Crippen molar-refractivity contribution in [2.24, 2.45) is 5.92 Å². The first-order valence-electron chi connectivity index (χ1n) is 6.88. The molecule has 1 aliphatic heterocycles. The Hall–Kier alpha value is -1.35. The van der Waals surface area contributed by atoms with E-state index in [0.29, 0.717) is 12.0 Å². The average Bonchev–Trinajstić information content (AvgIpc) is 3.16. The standard InChI is InChI=1S/C15H20N2O/c1-2-10-7-13(10)17-15(18)14-8-11-5-3-4-6-12(11)9-16-14/h3-6,10,13-14,16H,2,7-9H2,1H3,(H,17,18). The van der Waals surface area contributed by atoms with Gasteiger partial charge in [0.15, 0.2) is 0 Å². The average molecular weight is 244 g/mol. The molecule has 1 aromatic carbocycles. The molecule has 2 N–H and O–H groups in total. The number of amides is 1. The molecule has 1 fully saturated rings. The molecule has 3 heteroatoms. The van der Waals surface area contributed by atoms with Gasteiger partial charge in [0.05, 0.1) is 6.04 Å². The number of carbonyl (C=O) groups excluding carboxylic acids is 1. The zero-order chi connectivity index (χ0) is 12.5. The van der Waals surface area contributed by atoms with Gasteiger partial charge in [-0.3, -0.25) is 4.79 Å². The molecule has 2 aliphatic rings. The van der Waals surface area contributed by atoms with Crippen LogP contribution in [0.5, 0.6) is 0 Å². The van der Waals surface area contributed by atoms with Crippen molar-refractivity contribution >= 4 is 5.91 Å². The van der Waals surface area contributed by atoms with Crippen molar-refractivity contribution in [3.05, 3.63) is 35.4 Å². The van der Waals surface area contributed by atoms with Gasteiger partial charge < -0.3 is 10.6 Å². The molecule has 1 heterocycles. The summed E-state index contributed by atoms with van der Waals surface area (Å²) in [4.78, 5) is 12.1. The minimum absolute atomic E-state index is 0.0574. The largest absolute Gasteiger partial charge is 0.352 e. The van der Waals surface area contributed by atoms with Gasteiger partial charge in [-0.25, -0.2) is 0 Å². The number of nitrogens with one attached hydrogen (secondary N) is 2. The maximum atomic E-state index is 12.1. The van der Waals surface area contributed by atoms with Crippen LogP contribution in [0, 0.1) is 5.92 Å². The zero-order valence-corrected chi connectivity index (χ0v) is 10.8. The lowest BCUT2D eigenvalue weighted by Crippen LogP contribution is -2.48. The van der Waals surface area contributed by atoms with Crippen LogP contribution in [0.2, 0.25) is 0 Å². The minimum Gasteiger partial charge on any atom is -0.352 e. The fourth-order valence-corrected chi connectivity index (χ4v) is 2.80. The predicted octanol–water partition coefficient (Wildman–Crippen LogP) is 1.62. The summed E-state index contributed by atoms with van der Waals surface area (Å²) < 4.78 is 0. The summed E-state index contributed by atoms with van der Waals surface area (Å²) in [5, 5.41) is 6.48. The molecule has 1 saturated carbocycles. The predicted molar refractivity (Wildman–Crippen MR) is 71.1 cm³/mol. The van der Waals surface area contributed by atoms with Crippen LogP contribution in [0.3, 0.4) is 0 Å². The topological polar surface area (TPSA) is 41.1 Å². The maximum absolute atomic E-state index is 12.1. The van der Waals surface area contributed by atoms with E-state index >= 15 is 0 Å². The highest BCUT2D eigenvalue weighted by Crippen LogP contribution is 2.33. The first-order chi connectivity index (χ1) is 8.78. The molecule has 1 aliphatic carbocycles. The van der Waals surface area contributed by atoms with Crippen molar-refractivity contribution in [3.63, 3.8) is 0 Å². The molecular formula is C15H20N2O. The van der Waals surface area contributed by atoms with Gasteiger partial charge in [0.2, 0.25) is 5.91 Å². The van der Waals surface area contributed by atoms with Gasteiger partial charge in [-0.05, 0) is 29.9 Å². The maximum Gasteiger partial charge on any atom is 0.237 e. The van der Waals surface area contributed by atoms with Crippen LogP contribution in [0.4, 0.5) is 0 Å². The second-order valence-corrected chi connectivity index (χ2v) is 5.43. The van der Waals surface area contributed by atoms with Crippen molar-refractivity contribution in [1.82, 2.24) is 10.6 Å². The van der Waals surface area contributed by atoms with Gasteiger partial charge in [-0.2, -0.15) is 0 Å². The van der Waals surface area contributed by atoms with E-state index < -0.39 is 0 Å². The Bertz CT molecular complexity index is 458. The van der Waals surface area contributed by atoms with Gasteiger partial charge in [0.1, 0.15) is 0 Å². The highest BCUT2D eigenvalue weighted by atomic mass is 16.2. The van der Waals surface area contributed by atoms with Crippen molar-refractivity contribution in [3.8, 4) is 0 Å². The Labute approximate surface area is 108 Å². The molecule has 96 valence electrons. The molecule has 0 saturated heterocycles. The molecule has 0 bridgehead atoms. The van der Waals surface area contributed by atoms with Crippen molar-refractivity contribution < 1.29 is 4.79 Å². The lowest BCUT2D eigenvalue weighted by Gasteiger charge is -2.25. The zero-order valence-electron chi connectivity index (χ0n) is 10.8. The van der Waals surface area contributed by atoms with Crippen molar-refractivity contribution in [1.29, 1.82) is 0 Å². The summed E-state index contributed by atoms with van der Waals surface area (Å²) in [7, 11) is 0. The Balaban J connectivity index is 1.60. The normalized spacial score (nSPS) is 29.5. The molecule has 3 unspecified atom stereocenters. The highest BCUT2D eigenvalue weighted by molar-refractivity contribution is 5.83. The van der Waals surface area contributed by atoms with E-state index in [1.807, 2.05) is 6.07 Å². The van der Waals surface area contributed by atoms with Gasteiger partial charge in [0.25, 0.3) is 0 Å². The molecule has 3 rings (SSSR count). The van der Waals surface area contributed by atoms with E-state index in [4.69, 9.17) is 0 Å². The van der Waals surface area contributed by atoms with E-state index in [0.717, 1.165) is 19.4 Å². The molecule has 18 heavy (non-hydrogen) atoms. The molecule has 0 spiro atoms. The number of benzene rings is 1. The SMILES string of the molecule is CCC1CC1NC(=O)C1Cc2ccccc2CN1. The summed E-state index contributed by atoms with van der Waals surface area (Å²) in [6.07, 6.45) is 3.14. The van der Waals surface area contributed by atoms with E-state index in [2.05, 4.69) is 35.8 Å². The smallest absolute Gasteiger partial charge is 0.237 e. The third kappa shape index (κ3) is 2.27. The number of fused-ring (bicyclic) bond motifs is 1. The van der Waals surface area contributed by atoms with Gasteiger partial charge in [-0.15, -0.1) is 0 Å². The first-order valence-corrected chi connectivity index (χ1v) is 6.88. The van der Waals surface area contributed by atoms with E-state index in [9.17, 15) is 4.79 Å². The summed E-state index contributed by atoms with van der Waals surface area (Å²) in [6, 6.07) is 8.73. The monoisotopic (exact) mass is 244 g/mol. The van der Waals surface area contributed by atoms with Crippen LogP contribution in [0.15, 0.2) is 24.3 Å². The van der Waals surface area contributed by atoms with Crippen molar-refractivity contribution in [2.45, 2.75) is 44.8 Å². The first kappa shape index (κ1) is 11.7.